The first kappa shape index (κ1) is 13.9. The Bertz CT molecular complexity index is 562. The molecule has 1 fully saturated rings. The molecule has 0 radical (unpaired) electrons. The molecule has 0 bridgehead atoms. The van der Waals surface area contributed by atoms with Crippen LogP contribution in [0.4, 0.5) is 10.5 Å². The van der Waals surface area contributed by atoms with Crippen molar-refractivity contribution in [3.63, 3.8) is 0 Å². The summed E-state index contributed by atoms with van der Waals surface area (Å²) >= 11 is 0. The molecule has 1 aromatic rings. The summed E-state index contributed by atoms with van der Waals surface area (Å²) in [4.78, 5) is 26.2. The molecule has 104 valence electrons. The topological polar surface area (TPSA) is 84.6 Å². The molecule has 6 heteroatoms. The fourth-order valence-corrected chi connectivity index (χ4v) is 2.22. The third-order valence-corrected chi connectivity index (χ3v) is 3.48. The molecule has 2 rings (SSSR count). The average molecular weight is 273 g/mol. The molecule has 6 nitrogen and oxygen atoms in total. The van der Waals surface area contributed by atoms with Gasteiger partial charge in [0.05, 0.1) is 17.6 Å². The van der Waals surface area contributed by atoms with Gasteiger partial charge in [-0.25, -0.2) is 4.79 Å². The Morgan fingerprint density at radius 1 is 1.40 bits per heavy atom. The SMILES string of the molecule is CN(C(=O)N1CCC(C(=O)O)C1)c1ccc(C#N)cc1. The van der Waals surface area contributed by atoms with Crippen LogP contribution in [0.1, 0.15) is 12.0 Å². The lowest BCUT2D eigenvalue weighted by Gasteiger charge is -2.24. The highest BCUT2D eigenvalue weighted by molar-refractivity contribution is 5.92. The monoisotopic (exact) mass is 273 g/mol. The van der Waals surface area contributed by atoms with Crippen LogP contribution in [0, 0.1) is 17.2 Å². The van der Waals surface area contributed by atoms with Crippen molar-refractivity contribution in [2.45, 2.75) is 6.42 Å². The molecule has 1 heterocycles. The van der Waals surface area contributed by atoms with Gasteiger partial charge in [0.15, 0.2) is 0 Å². The minimum atomic E-state index is -0.860. The van der Waals surface area contributed by atoms with Crippen molar-refractivity contribution in [1.29, 1.82) is 5.26 Å². The van der Waals surface area contributed by atoms with Crippen LogP contribution in [-0.4, -0.2) is 42.1 Å². The van der Waals surface area contributed by atoms with E-state index in [1.807, 2.05) is 6.07 Å². The average Bonchev–Trinajstić information content (AvgIpc) is 2.96. The molecule has 0 saturated carbocycles. The summed E-state index contributed by atoms with van der Waals surface area (Å²) in [6, 6.07) is 8.47. The number of rotatable bonds is 2. The van der Waals surface area contributed by atoms with Crippen LogP contribution < -0.4 is 4.90 Å². The zero-order valence-electron chi connectivity index (χ0n) is 11.1. The van der Waals surface area contributed by atoms with Crippen LogP contribution in [0.25, 0.3) is 0 Å². The van der Waals surface area contributed by atoms with Gasteiger partial charge in [-0.15, -0.1) is 0 Å². The fraction of sp³-hybridized carbons (Fsp3) is 0.357. The summed E-state index contributed by atoms with van der Waals surface area (Å²) in [5.41, 5.74) is 1.20. The van der Waals surface area contributed by atoms with E-state index in [1.54, 1.807) is 31.3 Å². The minimum absolute atomic E-state index is 0.224. The van der Waals surface area contributed by atoms with Crippen LogP contribution >= 0.6 is 0 Å². The van der Waals surface area contributed by atoms with Crippen molar-refractivity contribution in [1.82, 2.24) is 4.90 Å². The minimum Gasteiger partial charge on any atom is -0.481 e. The molecule has 1 aromatic carbocycles. The van der Waals surface area contributed by atoms with Gasteiger partial charge in [-0.05, 0) is 30.7 Å². The first-order valence-corrected chi connectivity index (χ1v) is 6.28. The summed E-state index contributed by atoms with van der Waals surface area (Å²) < 4.78 is 0. The number of carboxylic acid groups (broad SMARTS) is 1. The number of urea groups is 1. The smallest absolute Gasteiger partial charge is 0.324 e. The second-order valence-electron chi connectivity index (χ2n) is 4.77. The Balaban J connectivity index is 2.05. The van der Waals surface area contributed by atoms with Gasteiger partial charge in [-0.2, -0.15) is 5.26 Å². The maximum Gasteiger partial charge on any atom is 0.324 e. The van der Waals surface area contributed by atoms with E-state index in [0.29, 0.717) is 24.2 Å². The number of amides is 2. The van der Waals surface area contributed by atoms with Gasteiger partial charge >= 0.3 is 12.0 Å². The standard InChI is InChI=1S/C14H15N3O3/c1-16(12-4-2-10(8-15)3-5-12)14(20)17-7-6-11(9-17)13(18)19/h2-5,11H,6-7,9H2,1H3,(H,18,19). The first-order valence-electron chi connectivity index (χ1n) is 6.28. The van der Waals surface area contributed by atoms with E-state index in [9.17, 15) is 9.59 Å². The molecule has 20 heavy (non-hydrogen) atoms. The zero-order valence-corrected chi connectivity index (χ0v) is 11.1. The first-order chi connectivity index (χ1) is 9.52. The van der Waals surface area contributed by atoms with Crippen molar-refractivity contribution in [3.8, 4) is 6.07 Å². The molecular formula is C14H15N3O3. The Morgan fingerprint density at radius 2 is 2.05 bits per heavy atom. The van der Waals surface area contributed by atoms with Crippen LogP contribution in [0.15, 0.2) is 24.3 Å². The maximum atomic E-state index is 12.3. The van der Waals surface area contributed by atoms with Gasteiger partial charge in [0.25, 0.3) is 0 Å². The molecule has 1 aliphatic rings. The second-order valence-corrected chi connectivity index (χ2v) is 4.77. The molecule has 0 aliphatic carbocycles. The van der Waals surface area contributed by atoms with Gasteiger partial charge in [-0.1, -0.05) is 0 Å². The van der Waals surface area contributed by atoms with E-state index < -0.39 is 11.9 Å². The van der Waals surface area contributed by atoms with Crippen LogP contribution in [0.3, 0.4) is 0 Å². The van der Waals surface area contributed by atoms with Crippen molar-refractivity contribution >= 4 is 17.7 Å². The molecule has 0 spiro atoms. The van der Waals surface area contributed by atoms with Crippen molar-refractivity contribution in [2.75, 3.05) is 25.0 Å². The highest BCUT2D eigenvalue weighted by Crippen LogP contribution is 2.21. The highest BCUT2D eigenvalue weighted by atomic mass is 16.4. The number of hydrogen-bond donors (Lipinski definition) is 1. The number of nitrogens with zero attached hydrogens (tertiary/aromatic N) is 3. The van der Waals surface area contributed by atoms with Crippen LogP contribution in [0.2, 0.25) is 0 Å². The quantitative estimate of drug-likeness (QED) is 0.885. The molecule has 2 amide bonds. The predicted molar refractivity (Wildman–Crippen MR) is 72.3 cm³/mol. The lowest BCUT2D eigenvalue weighted by atomic mass is 10.1. The molecule has 1 saturated heterocycles. The predicted octanol–water partition coefficient (Wildman–Crippen LogP) is 1.52. The Morgan fingerprint density at radius 3 is 2.55 bits per heavy atom. The van der Waals surface area contributed by atoms with Gasteiger partial charge in [0.2, 0.25) is 0 Å². The summed E-state index contributed by atoms with van der Waals surface area (Å²) in [7, 11) is 1.64. The maximum absolute atomic E-state index is 12.3. The second kappa shape index (κ2) is 5.61. The van der Waals surface area contributed by atoms with Gasteiger partial charge < -0.3 is 10.0 Å². The Hall–Kier alpha value is -2.55. The number of anilines is 1. The van der Waals surface area contributed by atoms with Gasteiger partial charge in [0.1, 0.15) is 0 Å². The molecule has 0 aromatic heterocycles. The lowest BCUT2D eigenvalue weighted by molar-refractivity contribution is -0.141. The van der Waals surface area contributed by atoms with Crippen molar-refractivity contribution < 1.29 is 14.7 Å². The lowest BCUT2D eigenvalue weighted by Crippen LogP contribution is -2.40. The normalized spacial score (nSPS) is 17.6. The van der Waals surface area contributed by atoms with Crippen molar-refractivity contribution in [2.24, 2.45) is 5.92 Å². The summed E-state index contributed by atoms with van der Waals surface area (Å²) in [6.45, 7) is 0.700. The number of carbonyl (C=O) groups is 2. The van der Waals surface area contributed by atoms with E-state index in [2.05, 4.69) is 0 Å². The molecule has 1 atom stereocenters. The number of likely N-dealkylation sites (tertiary alicyclic amines) is 1. The highest BCUT2D eigenvalue weighted by Gasteiger charge is 2.32. The zero-order chi connectivity index (χ0) is 14.7. The molecule has 1 unspecified atom stereocenters. The van der Waals surface area contributed by atoms with E-state index in [-0.39, 0.29) is 12.6 Å². The Kier molecular flexibility index (Phi) is 3.89. The van der Waals surface area contributed by atoms with E-state index in [0.717, 1.165) is 0 Å². The van der Waals surface area contributed by atoms with Crippen LogP contribution in [-0.2, 0) is 4.79 Å². The van der Waals surface area contributed by atoms with Gasteiger partial charge in [-0.3, -0.25) is 9.69 Å². The van der Waals surface area contributed by atoms with E-state index in [1.165, 1.54) is 9.80 Å². The van der Waals surface area contributed by atoms with Gasteiger partial charge in [0, 0.05) is 25.8 Å². The number of benzene rings is 1. The molecular weight excluding hydrogens is 258 g/mol. The summed E-state index contributed by atoms with van der Waals surface area (Å²) in [6.07, 6.45) is 0.488. The molecule has 1 aliphatic heterocycles. The number of aliphatic carboxylic acids is 1. The van der Waals surface area contributed by atoms with E-state index >= 15 is 0 Å². The third kappa shape index (κ3) is 2.72. The van der Waals surface area contributed by atoms with Crippen LogP contribution in [0.5, 0.6) is 0 Å². The third-order valence-electron chi connectivity index (χ3n) is 3.48. The number of hydrogen-bond acceptors (Lipinski definition) is 3. The number of carbonyl (C=O) groups excluding carboxylic acids is 1. The summed E-state index contributed by atoms with van der Waals surface area (Å²) in [5, 5.41) is 17.7. The number of nitriles is 1. The Labute approximate surface area is 116 Å². The molecule has 1 N–H and O–H groups in total. The fourth-order valence-electron chi connectivity index (χ4n) is 2.22. The number of carboxylic acids is 1. The summed E-state index contributed by atoms with van der Waals surface area (Å²) in [5.74, 6) is -1.34. The largest absolute Gasteiger partial charge is 0.481 e. The van der Waals surface area contributed by atoms with E-state index in [4.69, 9.17) is 10.4 Å². The van der Waals surface area contributed by atoms with Crippen molar-refractivity contribution in [3.05, 3.63) is 29.8 Å².